The molecule has 0 amide bonds. The van der Waals surface area contributed by atoms with Gasteiger partial charge in [-0.25, -0.2) is 0 Å². The molecule has 0 saturated carbocycles. The van der Waals surface area contributed by atoms with Crippen molar-refractivity contribution < 1.29 is 4.74 Å². The number of hydrogen-bond donors (Lipinski definition) is 0. The summed E-state index contributed by atoms with van der Waals surface area (Å²) >= 11 is 3.81. The van der Waals surface area contributed by atoms with Crippen molar-refractivity contribution in [3.05, 3.63) is 161 Å². The molecule has 2 aliphatic heterocycles. The molecule has 3 nitrogen and oxygen atoms in total. The molecule has 7 aromatic carbocycles. The molecule has 0 saturated heterocycles. The van der Waals surface area contributed by atoms with Gasteiger partial charge in [-0.05, 0) is 126 Å². The van der Waals surface area contributed by atoms with Crippen molar-refractivity contribution in [2.45, 2.75) is 73.1 Å². The van der Waals surface area contributed by atoms with E-state index in [4.69, 9.17) is 4.74 Å². The number of rotatable bonds is 4. The zero-order chi connectivity index (χ0) is 42.1. The van der Waals surface area contributed by atoms with Gasteiger partial charge in [-0.15, -0.1) is 22.7 Å². The Morgan fingerprint density at radius 3 is 1.85 bits per heavy atom. The Labute approximate surface area is 368 Å². The Morgan fingerprint density at radius 2 is 1.20 bits per heavy atom. The Balaban J connectivity index is 1.26. The molecule has 0 radical (unpaired) electrons. The summed E-state index contributed by atoms with van der Waals surface area (Å²) in [7, 11) is 0. The summed E-state index contributed by atoms with van der Waals surface area (Å²) in [5.74, 6) is 1.85. The minimum absolute atomic E-state index is 0.000262. The largest absolute Gasteiger partial charge is 0.456 e. The third-order valence-electron chi connectivity index (χ3n) is 12.8. The normalized spacial score (nSPS) is 13.4. The maximum Gasteiger partial charge on any atom is 0.269 e. The smallest absolute Gasteiger partial charge is 0.269 e. The third-order valence-corrected chi connectivity index (χ3v) is 15.2. The lowest BCUT2D eigenvalue weighted by Gasteiger charge is -2.40. The molecule has 2 aromatic heterocycles. The van der Waals surface area contributed by atoms with Crippen LogP contribution in [0.2, 0.25) is 0 Å². The van der Waals surface area contributed by atoms with E-state index in [-0.39, 0.29) is 17.5 Å². The topological polar surface area (TPSA) is 15.7 Å². The van der Waals surface area contributed by atoms with E-state index in [2.05, 4.69) is 206 Å². The van der Waals surface area contributed by atoms with Gasteiger partial charge in [0.05, 0.1) is 10.4 Å². The zero-order valence-electron chi connectivity index (χ0n) is 36.4. The zero-order valence-corrected chi connectivity index (χ0v) is 38.0. The molecule has 0 N–H and O–H groups in total. The third kappa shape index (κ3) is 6.05. The molecule has 0 aliphatic carbocycles. The summed E-state index contributed by atoms with van der Waals surface area (Å²) in [6.45, 7) is 20.3. The number of nitrogens with zero attached hydrogens (tertiary/aromatic N) is 2. The van der Waals surface area contributed by atoms with Crippen molar-refractivity contribution in [3.63, 3.8) is 0 Å². The van der Waals surface area contributed by atoms with E-state index >= 15 is 0 Å². The van der Waals surface area contributed by atoms with Crippen LogP contribution in [-0.4, -0.2) is 6.71 Å². The predicted octanol–water partition coefficient (Wildman–Crippen LogP) is 14.7. The summed E-state index contributed by atoms with van der Waals surface area (Å²) in [6, 6.07) is 50.4. The quantitative estimate of drug-likeness (QED) is 0.164. The van der Waals surface area contributed by atoms with Crippen LogP contribution in [0.3, 0.4) is 0 Å². The summed E-state index contributed by atoms with van der Waals surface area (Å²) in [6.07, 6.45) is 0. The molecule has 0 atom stereocenters. The minimum Gasteiger partial charge on any atom is -0.456 e. The van der Waals surface area contributed by atoms with Crippen molar-refractivity contribution in [1.29, 1.82) is 0 Å². The van der Waals surface area contributed by atoms with E-state index in [0.29, 0.717) is 0 Å². The molecule has 0 bridgehead atoms. The van der Waals surface area contributed by atoms with Crippen LogP contribution in [0.1, 0.15) is 69.4 Å². The Kier molecular flexibility index (Phi) is 8.50. The Morgan fingerprint density at radius 1 is 0.574 bits per heavy atom. The lowest BCUT2D eigenvalue weighted by atomic mass is 9.36. The van der Waals surface area contributed by atoms with Gasteiger partial charge < -0.3 is 14.5 Å². The van der Waals surface area contributed by atoms with Crippen LogP contribution in [0.25, 0.3) is 30.3 Å². The second-order valence-corrected chi connectivity index (χ2v) is 21.4. The van der Waals surface area contributed by atoms with Crippen LogP contribution < -0.4 is 30.2 Å². The molecule has 61 heavy (non-hydrogen) atoms. The molecule has 9 aromatic rings. The molecule has 11 rings (SSSR count). The summed E-state index contributed by atoms with van der Waals surface area (Å²) in [5.41, 5.74) is 15.7. The second-order valence-electron chi connectivity index (χ2n) is 19.3. The fraction of sp³-hybridized carbons (Fsp3) is 0.200. The monoisotopic (exact) mass is 828 g/mol. The maximum atomic E-state index is 7.56. The van der Waals surface area contributed by atoms with E-state index in [1.165, 1.54) is 85.2 Å². The highest BCUT2D eigenvalue weighted by Gasteiger charge is 2.46. The van der Waals surface area contributed by atoms with Crippen molar-refractivity contribution in [2.75, 3.05) is 9.80 Å². The van der Waals surface area contributed by atoms with E-state index in [9.17, 15) is 0 Å². The number of thiophene rings is 2. The molecule has 2 aliphatic rings. The van der Waals surface area contributed by atoms with Gasteiger partial charge in [0.25, 0.3) is 6.71 Å². The predicted molar refractivity (Wildman–Crippen MR) is 267 cm³/mol. The SMILES string of the molecule is Cc1ccc(N(c2ccc(C)cc2)c2c3c(cc4c2sc2ccccc24)B2c4sc5ccc(C(C)(C)C)cc5c4N(c4ccc(C(C)(C)C)cc4)c4cc(C)cc(c42)O3)cc1. The first-order chi connectivity index (χ1) is 29.2. The molecule has 0 unspecified atom stereocenters. The minimum atomic E-state index is -0.0513. The van der Waals surface area contributed by atoms with Gasteiger partial charge in [0.15, 0.2) is 0 Å². The van der Waals surface area contributed by atoms with Crippen LogP contribution in [0.4, 0.5) is 34.1 Å². The van der Waals surface area contributed by atoms with Gasteiger partial charge in [0.1, 0.15) is 17.2 Å². The first-order valence-corrected chi connectivity index (χ1v) is 23.1. The van der Waals surface area contributed by atoms with Crippen LogP contribution >= 0.6 is 22.7 Å². The van der Waals surface area contributed by atoms with Gasteiger partial charge in [-0.1, -0.05) is 119 Å². The molecule has 4 heterocycles. The standard InChI is InChI=1S/C55H49BN2OS2/c1-32-14-21-37(22-15-32)57(38-23-16-33(2)17-24-38)50-51-43(31-41-40-12-10-11-13-46(40)60-52(41)50)56-48-44(28-34(3)29-45(48)59-51)58(39-25-18-35(19-26-39)54(4,5)6)49-42-30-36(55(7,8)9)20-27-47(42)61-53(49)56/h10-31H,1-9H3. The molecule has 6 heteroatoms. The van der Waals surface area contributed by atoms with E-state index in [0.717, 1.165) is 34.2 Å². The highest BCUT2D eigenvalue weighted by atomic mass is 32.1. The lowest BCUT2D eigenvalue weighted by molar-refractivity contribution is 0.489. The summed E-state index contributed by atoms with van der Waals surface area (Å²) in [4.78, 5) is 5.00. The van der Waals surface area contributed by atoms with Crippen LogP contribution in [0, 0.1) is 20.8 Å². The van der Waals surface area contributed by atoms with E-state index < -0.39 is 0 Å². The maximum absolute atomic E-state index is 7.56. The fourth-order valence-electron chi connectivity index (χ4n) is 9.50. The van der Waals surface area contributed by atoms with Gasteiger partial charge in [0.2, 0.25) is 0 Å². The van der Waals surface area contributed by atoms with E-state index in [1.54, 1.807) is 0 Å². The van der Waals surface area contributed by atoms with Gasteiger partial charge >= 0.3 is 0 Å². The molecule has 300 valence electrons. The number of hydrogen-bond acceptors (Lipinski definition) is 5. The van der Waals surface area contributed by atoms with E-state index in [1.807, 2.05) is 22.7 Å². The number of ether oxygens (including phenoxy) is 1. The molecule has 0 fully saturated rings. The van der Waals surface area contributed by atoms with Crippen LogP contribution in [0.15, 0.2) is 133 Å². The van der Waals surface area contributed by atoms with Crippen LogP contribution in [0.5, 0.6) is 11.5 Å². The second kappa shape index (κ2) is 13.6. The first-order valence-electron chi connectivity index (χ1n) is 21.4. The summed E-state index contributed by atoms with van der Waals surface area (Å²) in [5, 5.41) is 3.84. The Bertz CT molecular complexity index is 3170. The van der Waals surface area contributed by atoms with Gasteiger partial charge in [-0.3, -0.25) is 0 Å². The first kappa shape index (κ1) is 38.1. The highest BCUT2D eigenvalue weighted by molar-refractivity contribution is 7.33. The van der Waals surface area contributed by atoms with Crippen molar-refractivity contribution in [3.8, 4) is 11.5 Å². The number of fused-ring (bicyclic) bond motifs is 9. The van der Waals surface area contributed by atoms with Gasteiger partial charge in [-0.2, -0.15) is 0 Å². The highest BCUT2D eigenvalue weighted by Crippen LogP contribution is 2.53. The Hall–Kier alpha value is -5.82. The number of aryl methyl sites for hydroxylation is 3. The van der Waals surface area contributed by atoms with Crippen molar-refractivity contribution in [2.24, 2.45) is 0 Å². The number of benzene rings is 7. The van der Waals surface area contributed by atoms with Crippen molar-refractivity contribution in [1.82, 2.24) is 0 Å². The molecular weight excluding hydrogens is 780 g/mol. The van der Waals surface area contributed by atoms with Crippen LogP contribution in [-0.2, 0) is 10.8 Å². The number of anilines is 6. The average Bonchev–Trinajstić information content (AvgIpc) is 3.80. The van der Waals surface area contributed by atoms with Crippen molar-refractivity contribution >= 4 is 109 Å². The fourth-order valence-corrected chi connectivity index (χ4v) is 12.0. The molecule has 0 spiro atoms. The molecular formula is C55H49BN2OS2. The average molecular weight is 829 g/mol. The summed E-state index contributed by atoms with van der Waals surface area (Å²) < 4.78 is 12.7. The lowest BCUT2D eigenvalue weighted by Crippen LogP contribution is -2.58. The van der Waals surface area contributed by atoms with Gasteiger partial charge in [0, 0.05) is 53.1 Å².